The molecule has 2 aromatic rings. The maximum atomic E-state index is 3.59. The number of thioether (sulfide) groups is 1. The summed E-state index contributed by atoms with van der Waals surface area (Å²) in [5.74, 6) is 3.57. The van der Waals surface area contributed by atoms with Crippen LogP contribution < -0.4 is 5.32 Å². The molecule has 1 heterocycles. The Labute approximate surface area is 113 Å². The third-order valence-corrected chi connectivity index (χ3v) is 4.83. The van der Waals surface area contributed by atoms with Gasteiger partial charge < -0.3 is 5.32 Å². The van der Waals surface area contributed by atoms with Crippen molar-refractivity contribution in [3.05, 3.63) is 48.0 Å². The molecule has 0 aliphatic carbocycles. The zero-order chi connectivity index (χ0) is 12.2. The molecule has 1 aliphatic heterocycles. The van der Waals surface area contributed by atoms with Gasteiger partial charge in [0.1, 0.15) is 0 Å². The van der Waals surface area contributed by atoms with E-state index >= 15 is 0 Å². The van der Waals surface area contributed by atoms with Crippen LogP contribution in [0.2, 0.25) is 0 Å². The SMILES string of the molecule is c1ccc2cc(CNCC3CCSC3)ccc2c1. The standard InChI is InChI=1S/C16H19NS/c1-2-4-16-9-13(5-6-15(16)3-1)10-17-11-14-7-8-18-12-14/h1-6,9,14,17H,7-8,10-12H2. The van der Waals surface area contributed by atoms with E-state index in [1.165, 1.54) is 40.8 Å². The van der Waals surface area contributed by atoms with Gasteiger partial charge in [-0.3, -0.25) is 0 Å². The van der Waals surface area contributed by atoms with Gasteiger partial charge in [0.25, 0.3) is 0 Å². The van der Waals surface area contributed by atoms with E-state index in [1.54, 1.807) is 0 Å². The smallest absolute Gasteiger partial charge is 0.0205 e. The van der Waals surface area contributed by atoms with Crippen LogP contribution >= 0.6 is 11.8 Å². The fourth-order valence-corrected chi connectivity index (χ4v) is 3.80. The Morgan fingerprint density at radius 3 is 2.83 bits per heavy atom. The summed E-state index contributed by atoms with van der Waals surface area (Å²) in [5.41, 5.74) is 1.39. The molecule has 0 amide bonds. The summed E-state index contributed by atoms with van der Waals surface area (Å²) in [6, 6.07) is 15.3. The van der Waals surface area contributed by atoms with E-state index in [9.17, 15) is 0 Å². The fraction of sp³-hybridized carbons (Fsp3) is 0.375. The number of rotatable bonds is 4. The summed E-state index contributed by atoms with van der Waals surface area (Å²) in [4.78, 5) is 0. The molecule has 0 aromatic heterocycles. The van der Waals surface area contributed by atoms with Crippen LogP contribution in [-0.2, 0) is 6.54 Å². The topological polar surface area (TPSA) is 12.0 Å². The lowest BCUT2D eigenvalue weighted by atomic mass is 10.1. The quantitative estimate of drug-likeness (QED) is 0.896. The zero-order valence-electron chi connectivity index (χ0n) is 10.6. The van der Waals surface area contributed by atoms with E-state index in [0.717, 1.165) is 12.5 Å². The number of benzene rings is 2. The molecular weight excluding hydrogens is 238 g/mol. The van der Waals surface area contributed by atoms with Crippen LogP contribution in [0.15, 0.2) is 42.5 Å². The Bertz CT molecular complexity index is 517. The molecule has 2 aromatic carbocycles. The van der Waals surface area contributed by atoms with Gasteiger partial charge >= 0.3 is 0 Å². The predicted octanol–water partition coefficient (Wildman–Crippen LogP) is 3.68. The minimum absolute atomic E-state index is 0.885. The summed E-state index contributed by atoms with van der Waals surface area (Å²) < 4.78 is 0. The first kappa shape index (κ1) is 12.1. The molecule has 0 bridgehead atoms. The predicted molar refractivity (Wildman–Crippen MR) is 81.1 cm³/mol. The minimum Gasteiger partial charge on any atom is -0.312 e. The molecule has 0 spiro atoms. The van der Waals surface area contributed by atoms with Crippen LogP contribution in [0.3, 0.4) is 0 Å². The highest BCUT2D eigenvalue weighted by atomic mass is 32.2. The second-order valence-corrected chi connectivity index (χ2v) is 6.19. The van der Waals surface area contributed by atoms with E-state index in [1.807, 2.05) is 0 Å². The van der Waals surface area contributed by atoms with Crippen LogP contribution in [0.4, 0.5) is 0 Å². The molecule has 1 atom stereocenters. The van der Waals surface area contributed by atoms with Crippen LogP contribution in [0.1, 0.15) is 12.0 Å². The number of hydrogen-bond acceptors (Lipinski definition) is 2. The molecule has 1 saturated heterocycles. The molecule has 0 saturated carbocycles. The van der Waals surface area contributed by atoms with Crippen LogP contribution in [0.5, 0.6) is 0 Å². The van der Waals surface area contributed by atoms with Gasteiger partial charge in [-0.05, 0) is 52.8 Å². The lowest BCUT2D eigenvalue weighted by molar-refractivity contribution is 0.523. The molecule has 3 rings (SSSR count). The second-order valence-electron chi connectivity index (χ2n) is 5.04. The van der Waals surface area contributed by atoms with Gasteiger partial charge in [0.05, 0.1) is 0 Å². The van der Waals surface area contributed by atoms with Gasteiger partial charge in [-0.1, -0.05) is 36.4 Å². The highest BCUT2D eigenvalue weighted by Crippen LogP contribution is 2.22. The highest BCUT2D eigenvalue weighted by molar-refractivity contribution is 7.99. The van der Waals surface area contributed by atoms with Crippen molar-refractivity contribution in [1.29, 1.82) is 0 Å². The molecule has 1 fully saturated rings. The monoisotopic (exact) mass is 257 g/mol. The lowest BCUT2D eigenvalue weighted by Gasteiger charge is -2.10. The van der Waals surface area contributed by atoms with Crippen LogP contribution in [0.25, 0.3) is 10.8 Å². The average Bonchev–Trinajstić information content (AvgIpc) is 2.92. The molecule has 1 N–H and O–H groups in total. The van der Waals surface area contributed by atoms with Crippen molar-refractivity contribution < 1.29 is 0 Å². The van der Waals surface area contributed by atoms with Crippen molar-refractivity contribution in [2.75, 3.05) is 18.1 Å². The van der Waals surface area contributed by atoms with Crippen molar-refractivity contribution >= 4 is 22.5 Å². The summed E-state index contributed by atoms with van der Waals surface area (Å²) in [6.45, 7) is 2.16. The molecule has 1 unspecified atom stereocenters. The first-order chi connectivity index (χ1) is 8.92. The number of hydrogen-bond donors (Lipinski definition) is 1. The minimum atomic E-state index is 0.885. The highest BCUT2D eigenvalue weighted by Gasteiger charge is 2.14. The van der Waals surface area contributed by atoms with Crippen molar-refractivity contribution in [3.63, 3.8) is 0 Å². The van der Waals surface area contributed by atoms with Crippen molar-refractivity contribution in [2.24, 2.45) is 5.92 Å². The van der Waals surface area contributed by atoms with E-state index in [0.29, 0.717) is 0 Å². The van der Waals surface area contributed by atoms with Gasteiger partial charge in [0, 0.05) is 6.54 Å². The first-order valence-corrected chi connectivity index (χ1v) is 7.83. The van der Waals surface area contributed by atoms with Gasteiger partial charge in [-0.2, -0.15) is 11.8 Å². The van der Waals surface area contributed by atoms with Crippen molar-refractivity contribution in [2.45, 2.75) is 13.0 Å². The summed E-state index contributed by atoms with van der Waals surface area (Å²) in [5, 5.41) is 6.26. The summed E-state index contributed by atoms with van der Waals surface area (Å²) in [6.07, 6.45) is 1.38. The largest absolute Gasteiger partial charge is 0.312 e. The first-order valence-electron chi connectivity index (χ1n) is 6.68. The van der Waals surface area contributed by atoms with Crippen molar-refractivity contribution in [1.82, 2.24) is 5.32 Å². The van der Waals surface area contributed by atoms with E-state index < -0.39 is 0 Å². The van der Waals surface area contributed by atoms with Crippen LogP contribution in [0, 0.1) is 5.92 Å². The Hall–Kier alpha value is -0.990. The third kappa shape index (κ3) is 2.88. The van der Waals surface area contributed by atoms with Crippen LogP contribution in [-0.4, -0.2) is 18.1 Å². The molecule has 18 heavy (non-hydrogen) atoms. The summed E-state index contributed by atoms with van der Waals surface area (Å²) in [7, 11) is 0. The molecule has 2 heteroatoms. The molecular formula is C16H19NS. The molecule has 94 valence electrons. The lowest BCUT2D eigenvalue weighted by Crippen LogP contribution is -2.22. The maximum Gasteiger partial charge on any atom is 0.0205 e. The Morgan fingerprint density at radius 2 is 2.00 bits per heavy atom. The second kappa shape index (κ2) is 5.77. The third-order valence-electron chi connectivity index (χ3n) is 3.60. The van der Waals surface area contributed by atoms with Gasteiger partial charge in [-0.25, -0.2) is 0 Å². The van der Waals surface area contributed by atoms with E-state index in [-0.39, 0.29) is 0 Å². The number of fused-ring (bicyclic) bond motifs is 1. The Morgan fingerprint density at radius 1 is 1.11 bits per heavy atom. The molecule has 0 radical (unpaired) electrons. The van der Waals surface area contributed by atoms with E-state index in [2.05, 4.69) is 59.5 Å². The van der Waals surface area contributed by atoms with Gasteiger partial charge in [0.15, 0.2) is 0 Å². The van der Waals surface area contributed by atoms with E-state index in [4.69, 9.17) is 0 Å². The number of nitrogens with one attached hydrogen (secondary N) is 1. The average molecular weight is 257 g/mol. The summed E-state index contributed by atoms with van der Waals surface area (Å²) >= 11 is 2.09. The molecule has 1 nitrogen and oxygen atoms in total. The normalized spacial score (nSPS) is 19.4. The zero-order valence-corrected chi connectivity index (χ0v) is 11.4. The van der Waals surface area contributed by atoms with Gasteiger partial charge in [-0.15, -0.1) is 0 Å². The fourth-order valence-electron chi connectivity index (χ4n) is 2.51. The Kier molecular flexibility index (Phi) is 3.87. The maximum absolute atomic E-state index is 3.59. The van der Waals surface area contributed by atoms with Gasteiger partial charge in [0.2, 0.25) is 0 Å². The molecule has 1 aliphatic rings. The van der Waals surface area contributed by atoms with Crippen molar-refractivity contribution in [3.8, 4) is 0 Å². The Balaban J connectivity index is 1.60.